The van der Waals surface area contributed by atoms with E-state index >= 15 is 0 Å². The van der Waals surface area contributed by atoms with Crippen molar-refractivity contribution in [3.8, 4) is 0 Å². The van der Waals surface area contributed by atoms with Crippen LogP contribution in [0.2, 0.25) is 0 Å². The van der Waals surface area contributed by atoms with Crippen molar-refractivity contribution >= 4 is 0 Å². The Labute approximate surface area is 109 Å². The Morgan fingerprint density at radius 3 is 2.44 bits per heavy atom. The second kappa shape index (κ2) is 4.31. The minimum Gasteiger partial charge on any atom is -0.271 e. The summed E-state index contributed by atoms with van der Waals surface area (Å²) in [5, 5.41) is 4.21. The number of hydrazine groups is 1. The van der Waals surface area contributed by atoms with Crippen LogP contribution in [0.4, 0.5) is 0 Å². The summed E-state index contributed by atoms with van der Waals surface area (Å²) < 4.78 is 1.94. The number of nitrogens with two attached hydrogens (primary N) is 1. The Morgan fingerprint density at radius 1 is 1.39 bits per heavy atom. The SMILES string of the molecule is CCn1ncnc1CC(NN)C1C(C)(C)C1(C)C. The first-order valence-electron chi connectivity index (χ1n) is 6.69. The normalized spacial score (nSPS) is 23.0. The van der Waals surface area contributed by atoms with Gasteiger partial charge in [-0.1, -0.05) is 27.7 Å². The molecule has 1 aromatic heterocycles. The van der Waals surface area contributed by atoms with Gasteiger partial charge in [-0.3, -0.25) is 16.0 Å². The smallest absolute Gasteiger partial charge is 0.138 e. The summed E-state index contributed by atoms with van der Waals surface area (Å²) in [7, 11) is 0. The van der Waals surface area contributed by atoms with Crippen molar-refractivity contribution in [1.82, 2.24) is 20.2 Å². The van der Waals surface area contributed by atoms with Crippen molar-refractivity contribution in [1.29, 1.82) is 0 Å². The van der Waals surface area contributed by atoms with Crippen molar-refractivity contribution in [2.75, 3.05) is 0 Å². The van der Waals surface area contributed by atoms with Crippen LogP contribution < -0.4 is 11.3 Å². The highest BCUT2D eigenvalue weighted by Crippen LogP contribution is 2.69. The Bertz CT molecular complexity index is 407. The van der Waals surface area contributed by atoms with Crippen LogP contribution in [0, 0.1) is 16.7 Å². The summed E-state index contributed by atoms with van der Waals surface area (Å²) in [6, 6.07) is 0.254. The van der Waals surface area contributed by atoms with Crippen molar-refractivity contribution < 1.29 is 0 Å². The third-order valence-electron chi connectivity index (χ3n) is 5.15. The summed E-state index contributed by atoms with van der Waals surface area (Å²) in [6.45, 7) is 12.2. The average Bonchev–Trinajstić information content (AvgIpc) is 2.69. The average molecular weight is 251 g/mol. The van der Waals surface area contributed by atoms with E-state index < -0.39 is 0 Å². The van der Waals surface area contributed by atoms with Gasteiger partial charge in [0.1, 0.15) is 12.2 Å². The molecule has 0 aliphatic heterocycles. The van der Waals surface area contributed by atoms with Crippen LogP contribution in [0.1, 0.15) is 40.4 Å². The van der Waals surface area contributed by atoms with E-state index in [9.17, 15) is 0 Å². The van der Waals surface area contributed by atoms with Gasteiger partial charge in [0.25, 0.3) is 0 Å². The van der Waals surface area contributed by atoms with Crippen molar-refractivity contribution in [3.63, 3.8) is 0 Å². The maximum absolute atomic E-state index is 5.76. The first-order chi connectivity index (χ1) is 8.36. The lowest BCUT2D eigenvalue weighted by Gasteiger charge is -2.18. The van der Waals surface area contributed by atoms with Gasteiger partial charge < -0.3 is 0 Å². The molecule has 3 N–H and O–H groups in total. The van der Waals surface area contributed by atoms with Crippen LogP contribution in [0.3, 0.4) is 0 Å². The standard InChI is InChI=1S/C13H25N5/c1-6-18-10(15-8-16-18)7-9(17-14)11-12(2,3)13(11,4)5/h8-9,11,17H,6-7,14H2,1-5H3. The van der Waals surface area contributed by atoms with E-state index in [0.29, 0.717) is 16.7 Å². The molecule has 0 spiro atoms. The molecule has 1 heterocycles. The lowest BCUT2D eigenvalue weighted by atomic mass is 10.0. The van der Waals surface area contributed by atoms with Crippen LogP contribution in [0.15, 0.2) is 6.33 Å². The van der Waals surface area contributed by atoms with Gasteiger partial charge in [-0.25, -0.2) is 4.98 Å². The van der Waals surface area contributed by atoms with E-state index in [0.717, 1.165) is 18.8 Å². The number of nitrogens with one attached hydrogen (secondary N) is 1. The molecule has 0 amide bonds. The molecule has 2 rings (SSSR count). The monoisotopic (exact) mass is 251 g/mol. The molecule has 0 saturated heterocycles. The van der Waals surface area contributed by atoms with Gasteiger partial charge >= 0.3 is 0 Å². The number of rotatable bonds is 5. The van der Waals surface area contributed by atoms with Crippen molar-refractivity contribution in [3.05, 3.63) is 12.2 Å². The molecule has 0 bridgehead atoms. The molecule has 5 nitrogen and oxygen atoms in total. The third-order valence-corrected chi connectivity index (χ3v) is 5.15. The Kier molecular flexibility index (Phi) is 3.23. The Balaban J connectivity index is 2.13. The molecule has 5 heteroatoms. The van der Waals surface area contributed by atoms with E-state index in [4.69, 9.17) is 5.84 Å². The highest BCUT2D eigenvalue weighted by molar-refractivity contribution is 5.17. The van der Waals surface area contributed by atoms with Crippen LogP contribution in [-0.2, 0) is 13.0 Å². The lowest BCUT2D eigenvalue weighted by molar-refractivity contribution is 0.389. The van der Waals surface area contributed by atoms with Gasteiger partial charge in [0.15, 0.2) is 0 Å². The summed E-state index contributed by atoms with van der Waals surface area (Å²) >= 11 is 0. The van der Waals surface area contributed by atoms with Crippen LogP contribution >= 0.6 is 0 Å². The number of nitrogens with zero attached hydrogens (tertiary/aromatic N) is 3. The fraction of sp³-hybridized carbons (Fsp3) is 0.846. The zero-order valence-electron chi connectivity index (χ0n) is 12.1. The van der Waals surface area contributed by atoms with E-state index in [-0.39, 0.29) is 6.04 Å². The number of hydrogen-bond acceptors (Lipinski definition) is 4. The zero-order valence-corrected chi connectivity index (χ0v) is 12.1. The van der Waals surface area contributed by atoms with Crippen molar-refractivity contribution in [2.24, 2.45) is 22.6 Å². The second-order valence-electron chi connectivity index (χ2n) is 6.39. The maximum atomic E-state index is 5.76. The summed E-state index contributed by atoms with van der Waals surface area (Å²) in [5.74, 6) is 7.34. The minimum atomic E-state index is 0.254. The quantitative estimate of drug-likeness (QED) is 0.612. The summed E-state index contributed by atoms with van der Waals surface area (Å²) in [6.07, 6.45) is 2.46. The van der Waals surface area contributed by atoms with Crippen molar-refractivity contribution in [2.45, 2.75) is 53.6 Å². The van der Waals surface area contributed by atoms with Crippen LogP contribution in [-0.4, -0.2) is 20.8 Å². The molecule has 1 fully saturated rings. The second-order valence-corrected chi connectivity index (χ2v) is 6.39. The van der Waals surface area contributed by atoms with Gasteiger partial charge in [0, 0.05) is 19.0 Å². The molecule has 1 atom stereocenters. The molecule has 1 saturated carbocycles. The predicted octanol–water partition coefficient (Wildman–Crippen LogP) is 1.35. The zero-order chi connectivity index (χ0) is 13.6. The topological polar surface area (TPSA) is 68.8 Å². The van der Waals surface area contributed by atoms with E-state index in [2.05, 4.69) is 50.1 Å². The molecular formula is C13H25N5. The van der Waals surface area contributed by atoms with Crippen LogP contribution in [0.25, 0.3) is 0 Å². The highest BCUT2D eigenvalue weighted by atomic mass is 15.3. The lowest BCUT2D eigenvalue weighted by Crippen LogP contribution is -2.41. The third kappa shape index (κ3) is 1.86. The summed E-state index contributed by atoms with van der Waals surface area (Å²) in [4.78, 5) is 4.34. The molecule has 1 aliphatic rings. The maximum Gasteiger partial charge on any atom is 0.138 e. The fourth-order valence-corrected chi connectivity index (χ4v) is 3.43. The number of aromatic nitrogens is 3. The first kappa shape index (κ1) is 13.5. The largest absolute Gasteiger partial charge is 0.271 e. The molecule has 18 heavy (non-hydrogen) atoms. The van der Waals surface area contributed by atoms with Gasteiger partial charge in [0.05, 0.1) is 0 Å². The van der Waals surface area contributed by atoms with Gasteiger partial charge in [-0.15, -0.1) is 0 Å². The summed E-state index contributed by atoms with van der Waals surface area (Å²) in [5.41, 5.74) is 3.62. The van der Waals surface area contributed by atoms with E-state index in [1.165, 1.54) is 0 Å². The molecular weight excluding hydrogens is 226 g/mol. The number of hydrogen-bond donors (Lipinski definition) is 2. The molecule has 1 unspecified atom stereocenters. The first-order valence-corrected chi connectivity index (χ1v) is 6.69. The molecule has 0 radical (unpaired) electrons. The number of aryl methyl sites for hydroxylation is 1. The molecule has 102 valence electrons. The van der Waals surface area contributed by atoms with Gasteiger partial charge in [0.2, 0.25) is 0 Å². The molecule has 0 aromatic carbocycles. The molecule has 1 aromatic rings. The van der Waals surface area contributed by atoms with Gasteiger partial charge in [-0.2, -0.15) is 5.10 Å². The fourth-order valence-electron chi connectivity index (χ4n) is 3.43. The van der Waals surface area contributed by atoms with Crippen LogP contribution in [0.5, 0.6) is 0 Å². The van der Waals surface area contributed by atoms with Gasteiger partial charge in [-0.05, 0) is 23.7 Å². The van der Waals surface area contributed by atoms with E-state index in [1.54, 1.807) is 6.33 Å². The Morgan fingerprint density at radius 2 is 2.00 bits per heavy atom. The highest BCUT2D eigenvalue weighted by Gasteiger charge is 2.66. The minimum absolute atomic E-state index is 0.254. The van der Waals surface area contributed by atoms with E-state index in [1.807, 2.05) is 4.68 Å². The predicted molar refractivity (Wildman–Crippen MR) is 71.6 cm³/mol. The Hall–Kier alpha value is -0.940. The molecule has 1 aliphatic carbocycles.